The smallest absolute Gasteiger partial charge is 0.279 e. The summed E-state index contributed by atoms with van der Waals surface area (Å²) in [5, 5.41) is 0. The van der Waals surface area contributed by atoms with Gasteiger partial charge in [0.25, 0.3) is 11.8 Å². The molecule has 2 aromatic rings. The first-order chi connectivity index (χ1) is 10.5. The molecule has 6 nitrogen and oxygen atoms in total. The van der Waals surface area contributed by atoms with Gasteiger partial charge in [0.1, 0.15) is 17.3 Å². The van der Waals surface area contributed by atoms with Crippen LogP contribution in [0.3, 0.4) is 0 Å². The maximum Gasteiger partial charge on any atom is 0.279 e. The maximum atomic E-state index is 12.8. The van der Waals surface area contributed by atoms with Crippen molar-refractivity contribution in [3.05, 3.63) is 53.7 Å². The molecular formula is C15H15FN2O4. The van der Waals surface area contributed by atoms with Crippen LogP contribution in [0.15, 0.2) is 41.0 Å². The third kappa shape index (κ3) is 3.85. The summed E-state index contributed by atoms with van der Waals surface area (Å²) in [6, 6.07) is 6.77. The van der Waals surface area contributed by atoms with E-state index in [2.05, 4.69) is 10.9 Å². The summed E-state index contributed by atoms with van der Waals surface area (Å²) >= 11 is 0. The van der Waals surface area contributed by atoms with Crippen LogP contribution in [0.25, 0.3) is 0 Å². The molecule has 0 aliphatic heterocycles. The van der Waals surface area contributed by atoms with Crippen LogP contribution in [0.5, 0.6) is 5.75 Å². The maximum absolute atomic E-state index is 12.8. The number of nitrogens with one attached hydrogen (secondary N) is 2. The highest BCUT2D eigenvalue weighted by Crippen LogP contribution is 2.13. The summed E-state index contributed by atoms with van der Waals surface area (Å²) in [5.74, 6) is -0.636. The lowest BCUT2D eigenvalue weighted by atomic mass is 10.2. The van der Waals surface area contributed by atoms with E-state index in [0.29, 0.717) is 17.1 Å². The third-order valence-corrected chi connectivity index (χ3v) is 2.90. The normalized spacial score (nSPS) is 11.6. The summed E-state index contributed by atoms with van der Waals surface area (Å²) in [7, 11) is 0. The number of benzene rings is 1. The first kappa shape index (κ1) is 15.6. The van der Waals surface area contributed by atoms with Gasteiger partial charge in [-0.05, 0) is 44.2 Å². The molecule has 0 aliphatic rings. The Kier molecular flexibility index (Phi) is 4.77. The Morgan fingerprint density at radius 1 is 1.18 bits per heavy atom. The van der Waals surface area contributed by atoms with Crippen molar-refractivity contribution in [2.75, 3.05) is 0 Å². The number of amides is 2. The number of hydrogen-bond acceptors (Lipinski definition) is 4. The van der Waals surface area contributed by atoms with Gasteiger partial charge in [-0.1, -0.05) is 0 Å². The van der Waals surface area contributed by atoms with Crippen LogP contribution in [-0.4, -0.2) is 17.9 Å². The predicted octanol–water partition coefficient (Wildman–Crippen LogP) is 1.96. The highest BCUT2D eigenvalue weighted by molar-refractivity contribution is 5.96. The zero-order chi connectivity index (χ0) is 16.1. The second-order valence-corrected chi connectivity index (χ2v) is 4.55. The molecule has 0 saturated heterocycles. The van der Waals surface area contributed by atoms with E-state index in [1.807, 2.05) is 0 Å². The molecular weight excluding hydrogens is 291 g/mol. The van der Waals surface area contributed by atoms with E-state index in [0.717, 1.165) is 0 Å². The highest BCUT2D eigenvalue weighted by Gasteiger charge is 2.17. The third-order valence-electron chi connectivity index (χ3n) is 2.90. The minimum atomic E-state index is -0.865. The average molecular weight is 306 g/mol. The van der Waals surface area contributed by atoms with Gasteiger partial charge in [0.05, 0.1) is 11.8 Å². The van der Waals surface area contributed by atoms with Gasteiger partial charge in [-0.3, -0.25) is 20.4 Å². The van der Waals surface area contributed by atoms with Crippen LogP contribution in [0.1, 0.15) is 23.0 Å². The number of ether oxygens (including phenoxy) is 1. The van der Waals surface area contributed by atoms with Gasteiger partial charge in [0.2, 0.25) is 0 Å². The molecule has 1 aromatic carbocycles. The Labute approximate surface area is 126 Å². The quantitative estimate of drug-likeness (QED) is 0.846. The van der Waals surface area contributed by atoms with Gasteiger partial charge in [-0.2, -0.15) is 0 Å². The predicted molar refractivity (Wildman–Crippen MR) is 75.5 cm³/mol. The molecule has 0 saturated carbocycles. The van der Waals surface area contributed by atoms with E-state index in [-0.39, 0.29) is 0 Å². The molecule has 1 heterocycles. The number of carbonyl (C=O) groups excluding carboxylic acids is 2. The Morgan fingerprint density at radius 2 is 1.86 bits per heavy atom. The second kappa shape index (κ2) is 6.75. The zero-order valence-corrected chi connectivity index (χ0v) is 12.1. The molecule has 0 fully saturated rings. The lowest BCUT2D eigenvalue weighted by Gasteiger charge is -2.15. The fourth-order valence-electron chi connectivity index (χ4n) is 1.68. The number of hydrogen-bond donors (Lipinski definition) is 2. The van der Waals surface area contributed by atoms with E-state index in [9.17, 15) is 14.0 Å². The molecule has 7 heteroatoms. The molecule has 0 aliphatic carbocycles. The first-order valence-corrected chi connectivity index (χ1v) is 6.54. The van der Waals surface area contributed by atoms with Crippen molar-refractivity contribution in [3.8, 4) is 5.75 Å². The Bertz CT molecular complexity index is 666. The van der Waals surface area contributed by atoms with Crippen molar-refractivity contribution in [3.63, 3.8) is 0 Å². The fraction of sp³-hybridized carbons (Fsp3) is 0.200. The van der Waals surface area contributed by atoms with Crippen LogP contribution in [-0.2, 0) is 4.79 Å². The van der Waals surface area contributed by atoms with Crippen molar-refractivity contribution in [2.45, 2.75) is 20.0 Å². The van der Waals surface area contributed by atoms with Gasteiger partial charge in [-0.15, -0.1) is 0 Å². The van der Waals surface area contributed by atoms with E-state index in [4.69, 9.17) is 9.15 Å². The van der Waals surface area contributed by atoms with E-state index in [1.54, 1.807) is 6.92 Å². The highest BCUT2D eigenvalue weighted by atomic mass is 19.1. The average Bonchev–Trinajstić information content (AvgIpc) is 2.93. The largest absolute Gasteiger partial charge is 0.481 e. The molecule has 2 amide bonds. The lowest BCUT2D eigenvalue weighted by Crippen LogP contribution is -2.47. The molecule has 1 atom stereocenters. The number of halogens is 1. The number of hydrazine groups is 1. The van der Waals surface area contributed by atoms with Gasteiger partial charge in [0.15, 0.2) is 6.10 Å². The van der Waals surface area contributed by atoms with Crippen LogP contribution in [0, 0.1) is 12.7 Å². The lowest BCUT2D eigenvalue weighted by molar-refractivity contribution is -0.128. The van der Waals surface area contributed by atoms with Gasteiger partial charge in [0, 0.05) is 0 Å². The van der Waals surface area contributed by atoms with Crippen LogP contribution in [0.2, 0.25) is 0 Å². The minimum absolute atomic E-state index is 0.326. The Hall–Kier alpha value is -2.83. The van der Waals surface area contributed by atoms with Crippen molar-refractivity contribution in [2.24, 2.45) is 0 Å². The van der Waals surface area contributed by atoms with E-state index >= 15 is 0 Å². The molecule has 2 rings (SSSR count). The summed E-state index contributed by atoms with van der Waals surface area (Å²) in [6.45, 7) is 3.14. The molecule has 2 N–H and O–H groups in total. The Balaban J connectivity index is 1.85. The number of rotatable bonds is 4. The summed E-state index contributed by atoms with van der Waals surface area (Å²) in [6.07, 6.45) is 0.517. The molecule has 0 spiro atoms. The monoisotopic (exact) mass is 306 g/mol. The van der Waals surface area contributed by atoms with E-state index in [1.165, 1.54) is 43.5 Å². The Morgan fingerprint density at radius 3 is 2.45 bits per heavy atom. The number of aryl methyl sites for hydroxylation is 1. The summed E-state index contributed by atoms with van der Waals surface area (Å²) in [5.41, 5.74) is 4.84. The summed E-state index contributed by atoms with van der Waals surface area (Å²) < 4.78 is 23.1. The molecule has 22 heavy (non-hydrogen) atoms. The van der Waals surface area contributed by atoms with Crippen LogP contribution < -0.4 is 15.6 Å². The topological polar surface area (TPSA) is 80.6 Å². The zero-order valence-electron chi connectivity index (χ0n) is 12.1. The molecule has 0 bridgehead atoms. The van der Waals surface area contributed by atoms with E-state index < -0.39 is 23.7 Å². The minimum Gasteiger partial charge on any atom is -0.481 e. The second-order valence-electron chi connectivity index (χ2n) is 4.55. The number of furan rings is 1. The first-order valence-electron chi connectivity index (χ1n) is 6.54. The van der Waals surface area contributed by atoms with Crippen LogP contribution >= 0.6 is 0 Å². The van der Waals surface area contributed by atoms with Crippen molar-refractivity contribution in [1.82, 2.24) is 10.9 Å². The molecule has 1 unspecified atom stereocenters. The standard InChI is InChI=1S/C15H15FN2O4/c1-9-13(7-8-21-9)15(20)18-17-14(19)10(2)22-12-5-3-11(16)4-6-12/h3-8,10H,1-2H3,(H,17,19)(H,18,20). The fourth-order valence-corrected chi connectivity index (χ4v) is 1.68. The summed E-state index contributed by atoms with van der Waals surface area (Å²) in [4.78, 5) is 23.6. The van der Waals surface area contributed by atoms with Crippen molar-refractivity contribution < 1.29 is 23.1 Å². The van der Waals surface area contributed by atoms with Gasteiger partial charge >= 0.3 is 0 Å². The molecule has 1 aromatic heterocycles. The van der Waals surface area contributed by atoms with Crippen molar-refractivity contribution >= 4 is 11.8 Å². The SMILES string of the molecule is Cc1occc1C(=O)NNC(=O)C(C)Oc1ccc(F)cc1. The molecule has 116 valence electrons. The molecule has 0 radical (unpaired) electrons. The van der Waals surface area contributed by atoms with Gasteiger partial charge in [-0.25, -0.2) is 4.39 Å². The number of carbonyl (C=O) groups is 2. The van der Waals surface area contributed by atoms with Crippen LogP contribution in [0.4, 0.5) is 4.39 Å². The van der Waals surface area contributed by atoms with Crippen molar-refractivity contribution in [1.29, 1.82) is 0 Å². The van der Waals surface area contributed by atoms with Gasteiger partial charge < -0.3 is 9.15 Å².